The molecule has 0 fully saturated rings. The first-order valence-corrected chi connectivity index (χ1v) is 8.39. The zero-order valence-electron chi connectivity index (χ0n) is 10.8. The maximum Gasteiger partial charge on any atom is 0.316 e. The Morgan fingerprint density at radius 1 is 1.37 bits per heavy atom. The number of hydrogen-bond donors (Lipinski definition) is 1. The van der Waals surface area contributed by atoms with E-state index in [9.17, 15) is 13.2 Å². The zero-order valence-corrected chi connectivity index (χ0v) is 12.4. The number of rotatable bonds is 7. The molecule has 1 aromatic rings. The highest BCUT2D eigenvalue weighted by Crippen LogP contribution is 2.16. The molecule has 0 saturated carbocycles. The average Bonchev–Trinajstić information content (AvgIpc) is 2.39. The Morgan fingerprint density at radius 3 is 2.42 bits per heavy atom. The predicted octanol–water partition coefficient (Wildman–Crippen LogP) is 1.51. The van der Waals surface area contributed by atoms with E-state index in [0.29, 0.717) is 0 Å². The molecule has 0 aliphatic rings. The first kappa shape index (κ1) is 16.0. The van der Waals surface area contributed by atoms with E-state index >= 15 is 0 Å². The molecule has 19 heavy (non-hydrogen) atoms. The molecule has 1 rings (SSSR count). The number of thioether (sulfide) groups is 1. The van der Waals surface area contributed by atoms with Crippen LogP contribution in [0.25, 0.3) is 0 Å². The molecular weight excluding hydrogens is 286 g/mol. The van der Waals surface area contributed by atoms with Gasteiger partial charge >= 0.3 is 5.97 Å². The van der Waals surface area contributed by atoms with Crippen molar-refractivity contribution in [2.75, 3.05) is 19.8 Å². The topological polar surface area (TPSA) is 74.7 Å². The summed E-state index contributed by atoms with van der Waals surface area (Å²) in [5.74, 6) is -0.919. The van der Waals surface area contributed by atoms with E-state index in [2.05, 4.69) is 0 Å². The number of sulfonamides is 1. The van der Waals surface area contributed by atoms with Gasteiger partial charge in [-0.1, -0.05) is 18.2 Å². The molecule has 7 heteroatoms. The smallest absolute Gasteiger partial charge is 0.316 e. The van der Waals surface area contributed by atoms with Gasteiger partial charge in [0.25, 0.3) is 0 Å². The first-order chi connectivity index (χ1) is 8.89. The van der Waals surface area contributed by atoms with Gasteiger partial charge in [0.05, 0.1) is 4.90 Å². The number of benzene rings is 1. The standard InChI is InChI=1S/C12H17NO4S2/c1-13(9-8-11(18-2)12(14)15)19(16,17)10-6-4-3-5-7-10/h3-7,11H,8-9H2,1-2H3,(H,14,15)/t11-/m1/s1. The third kappa shape index (κ3) is 4.22. The summed E-state index contributed by atoms with van der Waals surface area (Å²) in [4.78, 5) is 11.1. The van der Waals surface area contributed by atoms with Crippen LogP contribution in [0.3, 0.4) is 0 Å². The molecule has 0 heterocycles. The Labute approximate surface area is 117 Å². The number of hydrogen-bond acceptors (Lipinski definition) is 4. The lowest BCUT2D eigenvalue weighted by molar-refractivity contribution is -0.136. The summed E-state index contributed by atoms with van der Waals surface area (Å²) in [6.07, 6.45) is 1.98. The van der Waals surface area contributed by atoms with Gasteiger partial charge in [-0.05, 0) is 24.8 Å². The molecule has 1 aromatic carbocycles. The maximum absolute atomic E-state index is 12.2. The summed E-state index contributed by atoms with van der Waals surface area (Å²) in [7, 11) is -2.08. The van der Waals surface area contributed by atoms with Gasteiger partial charge in [-0.25, -0.2) is 12.7 Å². The molecule has 0 aromatic heterocycles. The van der Waals surface area contributed by atoms with Gasteiger partial charge in [0.2, 0.25) is 10.0 Å². The molecule has 1 atom stereocenters. The fourth-order valence-electron chi connectivity index (χ4n) is 1.53. The van der Waals surface area contributed by atoms with E-state index in [-0.39, 0.29) is 17.9 Å². The largest absolute Gasteiger partial charge is 0.480 e. The van der Waals surface area contributed by atoms with Crippen LogP contribution in [-0.4, -0.2) is 48.9 Å². The molecular formula is C12H17NO4S2. The van der Waals surface area contributed by atoms with Crippen molar-refractivity contribution in [3.63, 3.8) is 0 Å². The quantitative estimate of drug-likeness (QED) is 0.826. The molecule has 0 bridgehead atoms. The highest BCUT2D eigenvalue weighted by Gasteiger charge is 2.23. The van der Waals surface area contributed by atoms with Gasteiger partial charge in [0.15, 0.2) is 0 Å². The predicted molar refractivity (Wildman–Crippen MR) is 75.8 cm³/mol. The van der Waals surface area contributed by atoms with Crippen molar-refractivity contribution in [3.05, 3.63) is 30.3 Å². The number of carbonyl (C=O) groups is 1. The van der Waals surface area contributed by atoms with Crippen LogP contribution < -0.4 is 0 Å². The molecule has 0 unspecified atom stereocenters. The van der Waals surface area contributed by atoms with Crippen LogP contribution in [0, 0.1) is 0 Å². The Kier molecular flexibility index (Phi) is 5.84. The normalized spacial score (nSPS) is 13.4. The monoisotopic (exact) mass is 303 g/mol. The third-order valence-corrected chi connectivity index (χ3v) is 5.59. The van der Waals surface area contributed by atoms with Crippen molar-refractivity contribution in [1.82, 2.24) is 4.31 Å². The van der Waals surface area contributed by atoms with E-state index in [1.165, 1.54) is 35.2 Å². The minimum Gasteiger partial charge on any atom is -0.480 e. The van der Waals surface area contributed by atoms with Gasteiger partial charge in [0, 0.05) is 13.6 Å². The van der Waals surface area contributed by atoms with Crippen molar-refractivity contribution in [1.29, 1.82) is 0 Å². The van der Waals surface area contributed by atoms with Crippen LogP contribution in [0.15, 0.2) is 35.2 Å². The second-order valence-electron chi connectivity index (χ2n) is 3.99. The summed E-state index contributed by atoms with van der Waals surface area (Å²) < 4.78 is 25.5. The van der Waals surface area contributed by atoms with Crippen molar-refractivity contribution in [2.45, 2.75) is 16.6 Å². The minimum absolute atomic E-state index is 0.176. The SMILES string of the molecule is CS[C@H](CCN(C)S(=O)(=O)c1ccccc1)C(=O)O. The van der Waals surface area contributed by atoms with Crippen LogP contribution >= 0.6 is 11.8 Å². The second-order valence-corrected chi connectivity index (χ2v) is 7.08. The molecule has 0 aliphatic heterocycles. The molecule has 1 N–H and O–H groups in total. The van der Waals surface area contributed by atoms with E-state index in [1.807, 2.05) is 0 Å². The molecule has 5 nitrogen and oxygen atoms in total. The Balaban J connectivity index is 2.73. The third-order valence-electron chi connectivity index (χ3n) is 2.72. The summed E-state index contributed by atoms with van der Waals surface area (Å²) in [5.41, 5.74) is 0. The van der Waals surface area contributed by atoms with Crippen LogP contribution in [0.2, 0.25) is 0 Å². The molecule has 0 aliphatic carbocycles. The fourth-order valence-corrected chi connectivity index (χ4v) is 3.28. The van der Waals surface area contributed by atoms with Crippen LogP contribution in [0.4, 0.5) is 0 Å². The molecule has 106 valence electrons. The summed E-state index contributed by atoms with van der Waals surface area (Å²) in [5, 5.41) is 8.33. The van der Waals surface area contributed by atoms with E-state index in [0.717, 1.165) is 0 Å². The summed E-state index contributed by atoms with van der Waals surface area (Å²) in [6, 6.07) is 8.10. The molecule has 0 spiro atoms. The molecule has 0 saturated heterocycles. The van der Waals surface area contributed by atoms with Crippen LogP contribution in [-0.2, 0) is 14.8 Å². The Morgan fingerprint density at radius 2 is 1.95 bits per heavy atom. The number of carboxylic acids is 1. The zero-order chi connectivity index (χ0) is 14.5. The highest BCUT2D eigenvalue weighted by atomic mass is 32.2. The number of nitrogens with zero attached hydrogens (tertiary/aromatic N) is 1. The highest BCUT2D eigenvalue weighted by molar-refractivity contribution is 7.99. The fraction of sp³-hybridized carbons (Fsp3) is 0.417. The molecule has 0 radical (unpaired) electrons. The lowest BCUT2D eigenvalue weighted by Crippen LogP contribution is -2.31. The average molecular weight is 303 g/mol. The van der Waals surface area contributed by atoms with Crippen molar-refractivity contribution >= 4 is 27.8 Å². The first-order valence-electron chi connectivity index (χ1n) is 5.66. The lowest BCUT2D eigenvalue weighted by atomic mass is 10.3. The number of carboxylic acid groups (broad SMARTS) is 1. The summed E-state index contributed by atoms with van der Waals surface area (Å²) >= 11 is 1.21. The van der Waals surface area contributed by atoms with Gasteiger partial charge < -0.3 is 5.11 Å². The minimum atomic E-state index is -3.54. The van der Waals surface area contributed by atoms with Crippen molar-refractivity contribution < 1.29 is 18.3 Å². The van der Waals surface area contributed by atoms with Gasteiger partial charge in [0.1, 0.15) is 5.25 Å². The molecule has 0 amide bonds. The number of aliphatic carboxylic acids is 1. The summed E-state index contributed by atoms with van der Waals surface area (Å²) in [6.45, 7) is 0.176. The van der Waals surface area contributed by atoms with Gasteiger partial charge in [-0.3, -0.25) is 4.79 Å². The van der Waals surface area contributed by atoms with Crippen LogP contribution in [0.5, 0.6) is 0 Å². The van der Waals surface area contributed by atoms with Crippen molar-refractivity contribution in [2.24, 2.45) is 0 Å². The van der Waals surface area contributed by atoms with Gasteiger partial charge in [-0.15, -0.1) is 0 Å². The van der Waals surface area contributed by atoms with Crippen LogP contribution in [0.1, 0.15) is 6.42 Å². The van der Waals surface area contributed by atoms with E-state index < -0.39 is 21.2 Å². The van der Waals surface area contributed by atoms with E-state index in [4.69, 9.17) is 5.11 Å². The van der Waals surface area contributed by atoms with Crippen molar-refractivity contribution in [3.8, 4) is 0 Å². The van der Waals surface area contributed by atoms with E-state index in [1.54, 1.807) is 24.5 Å². The Hall–Kier alpha value is -1.05. The second kappa shape index (κ2) is 6.93. The van der Waals surface area contributed by atoms with Gasteiger partial charge in [-0.2, -0.15) is 11.8 Å². The maximum atomic E-state index is 12.2. The lowest BCUT2D eigenvalue weighted by Gasteiger charge is -2.18. The Bertz CT molecular complexity index is 516.